The fraction of sp³-hybridized carbons (Fsp3) is 0.625. The summed E-state index contributed by atoms with van der Waals surface area (Å²) in [4.78, 5) is 16.3. The molecule has 2 rings (SSSR count). The average Bonchev–Trinajstić information content (AvgIpc) is 2.52. The van der Waals surface area contributed by atoms with Crippen molar-refractivity contribution in [3.05, 3.63) is 24.0 Å². The number of nitrogens with zero attached hydrogens (tertiary/aromatic N) is 1. The van der Waals surface area contributed by atoms with Crippen LogP contribution in [0.4, 0.5) is 5.69 Å². The molecule has 0 saturated heterocycles. The molecule has 0 bridgehead atoms. The van der Waals surface area contributed by atoms with E-state index in [2.05, 4.69) is 22.5 Å². The molecule has 1 amide bonds. The van der Waals surface area contributed by atoms with E-state index < -0.39 is 0 Å². The Labute approximate surface area is 121 Å². The highest BCUT2D eigenvalue weighted by molar-refractivity contribution is 5.93. The van der Waals surface area contributed by atoms with Gasteiger partial charge in [-0.05, 0) is 37.3 Å². The lowest BCUT2D eigenvalue weighted by molar-refractivity contribution is 0.0938. The molecule has 4 nitrogen and oxygen atoms in total. The molecule has 1 heterocycles. The number of carbonyl (C=O) groups is 1. The summed E-state index contributed by atoms with van der Waals surface area (Å²) in [5.41, 5.74) is 1.46. The zero-order chi connectivity index (χ0) is 14.2. The van der Waals surface area contributed by atoms with Gasteiger partial charge in [-0.2, -0.15) is 0 Å². The number of hydrogen-bond donors (Lipinski definition) is 2. The Kier molecular flexibility index (Phi) is 5.84. The first-order valence-corrected chi connectivity index (χ1v) is 7.77. The summed E-state index contributed by atoms with van der Waals surface area (Å²) in [5.74, 6) is 0.588. The second-order valence-corrected chi connectivity index (χ2v) is 5.57. The molecule has 1 saturated carbocycles. The Bertz CT molecular complexity index is 427. The van der Waals surface area contributed by atoms with E-state index in [1.165, 1.54) is 32.1 Å². The van der Waals surface area contributed by atoms with Crippen LogP contribution in [0.15, 0.2) is 18.3 Å². The lowest BCUT2D eigenvalue weighted by atomic mass is 9.89. The maximum Gasteiger partial charge on any atom is 0.269 e. The molecular weight excluding hydrogens is 250 g/mol. The van der Waals surface area contributed by atoms with Crippen molar-refractivity contribution in [1.29, 1.82) is 0 Å². The molecule has 0 unspecified atom stereocenters. The number of nitrogens with one attached hydrogen (secondary N) is 2. The van der Waals surface area contributed by atoms with E-state index >= 15 is 0 Å². The second-order valence-electron chi connectivity index (χ2n) is 5.57. The summed E-state index contributed by atoms with van der Waals surface area (Å²) in [5, 5.41) is 6.30. The van der Waals surface area contributed by atoms with E-state index in [1.54, 1.807) is 6.20 Å². The van der Waals surface area contributed by atoms with E-state index in [-0.39, 0.29) is 5.91 Å². The van der Waals surface area contributed by atoms with Crippen LogP contribution in [0.3, 0.4) is 0 Å². The van der Waals surface area contributed by atoms with Crippen molar-refractivity contribution in [2.75, 3.05) is 18.4 Å². The predicted octanol–water partition coefficient (Wildman–Crippen LogP) is 3.21. The number of amides is 1. The molecule has 1 aromatic heterocycles. The van der Waals surface area contributed by atoms with Crippen LogP contribution in [0.5, 0.6) is 0 Å². The molecule has 1 aliphatic carbocycles. The number of anilines is 1. The topological polar surface area (TPSA) is 54.0 Å². The van der Waals surface area contributed by atoms with Crippen LogP contribution in [0.1, 0.15) is 55.9 Å². The molecular formula is C16H25N3O. The molecule has 1 aliphatic rings. The van der Waals surface area contributed by atoms with E-state index in [0.29, 0.717) is 11.6 Å². The molecule has 0 aromatic carbocycles. The Morgan fingerprint density at radius 1 is 1.35 bits per heavy atom. The van der Waals surface area contributed by atoms with Crippen molar-refractivity contribution >= 4 is 11.6 Å². The summed E-state index contributed by atoms with van der Waals surface area (Å²) in [7, 11) is 0. The van der Waals surface area contributed by atoms with Gasteiger partial charge in [-0.1, -0.05) is 26.2 Å². The van der Waals surface area contributed by atoms with Gasteiger partial charge in [0.1, 0.15) is 5.69 Å². The van der Waals surface area contributed by atoms with Crippen molar-refractivity contribution in [3.63, 3.8) is 0 Å². The van der Waals surface area contributed by atoms with Gasteiger partial charge in [0, 0.05) is 25.0 Å². The van der Waals surface area contributed by atoms with Gasteiger partial charge in [0.05, 0.1) is 0 Å². The minimum absolute atomic E-state index is 0.0595. The van der Waals surface area contributed by atoms with Gasteiger partial charge >= 0.3 is 0 Å². The first kappa shape index (κ1) is 14.8. The number of pyridine rings is 1. The van der Waals surface area contributed by atoms with Crippen molar-refractivity contribution in [1.82, 2.24) is 10.3 Å². The van der Waals surface area contributed by atoms with Gasteiger partial charge in [-0.25, -0.2) is 0 Å². The lowest BCUT2D eigenvalue weighted by Crippen LogP contribution is -2.30. The zero-order valence-electron chi connectivity index (χ0n) is 12.3. The van der Waals surface area contributed by atoms with Crippen molar-refractivity contribution in [3.8, 4) is 0 Å². The van der Waals surface area contributed by atoms with Crippen LogP contribution in [0.2, 0.25) is 0 Å². The lowest BCUT2D eigenvalue weighted by Gasteiger charge is -2.21. The molecule has 4 heteroatoms. The third kappa shape index (κ3) is 4.51. The van der Waals surface area contributed by atoms with E-state index in [1.807, 2.05) is 12.1 Å². The van der Waals surface area contributed by atoms with Crippen molar-refractivity contribution < 1.29 is 4.79 Å². The minimum Gasteiger partial charge on any atom is -0.385 e. The SMILES string of the molecule is CCCNc1ccnc(C(=O)NCC2CCCCC2)c1. The quantitative estimate of drug-likeness (QED) is 0.838. The summed E-state index contributed by atoms with van der Waals surface area (Å²) < 4.78 is 0. The number of aromatic nitrogens is 1. The number of hydrogen-bond acceptors (Lipinski definition) is 3. The maximum absolute atomic E-state index is 12.1. The van der Waals surface area contributed by atoms with Gasteiger partial charge in [-0.15, -0.1) is 0 Å². The van der Waals surface area contributed by atoms with Crippen LogP contribution in [0.25, 0.3) is 0 Å². The molecule has 20 heavy (non-hydrogen) atoms. The third-order valence-corrected chi connectivity index (χ3v) is 3.85. The molecule has 0 radical (unpaired) electrons. The zero-order valence-corrected chi connectivity index (χ0v) is 12.3. The smallest absolute Gasteiger partial charge is 0.269 e. The van der Waals surface area contributed by atoms with Gasteiger partial charge in [0.2, 0.25) is 0 Å². The minimum atomic E-state index is -0.0595. The Hall–Kier alpha value is -1.58. The van der Waals surface area contributed by atoms with Crippen LogP contribution in [-0.2, 0) is 0 Å². The molecule has 0 atom stereocenters. The van der Waals surface area contributed by atoms with Crippen LogP contribution in [-0.4, -0.2) is 24.0 Å². The summed E-state index contributed by atoms with van der Waals surface area (Å²) in [6.45, 7) is 3.81. The molecule has 1 fully saturated rings. The third-order valence-electron chi connectivity index (χ3n) is 3.85. The molecule has 1 aromatic rings. The van der Waals surface area contributed by atoms with E-state index in [0.717, 1.165) is 25.2 Å². The molecule has 0 aliphatic heterocycles. The largest absolute Gasteiger partial charge is 0.385 e. The number of rotatable bonds is 6. The van der Waals surface area contributed by atoms with E-state index in [9.17, 15) is 4.79 Å². The summed E-state index contributed by atoms with van der Waals surface area (Å²) >= 11 is 0. The highest BCUT2D eigenvalue weighted by Crippen LogP contribution is 2.22. The monoisotopic (exact) mass is 275 g/mol. The normalized spacial score (nSPS) is 15.8. The van der Waals surface area contributed by atoms with Crippen LogP contribution >= 0.6 is 0 Å². The summed E-state index contributed by atoms with van der Waals surface area (Å²) in [6, 6.07) is 3.72. The number of carbonyl (C=O) groups excluding carboxylic acids is 1. The Morgan fingerprint density at radius 3 is 2.90 bits per heavy atom. The van der Waals surface area contributed by atoms with Crippen molar-refractivity contribution in [2.24, 2.45) is 5.92 Å². The van der Waals surface area contributed by atoms with Crippen LogP contribution in [0, 0.1) is 5.92 Å². The Balaban J connectivity index is 1.84. The highest BCUT2D eigenvalue weighted by atomic mass is 16.1. The van der Waals surface area contributed by atoms with Gasteiger partial charge in [-0.3, -0.25) is 9.78 Å². The fourth-order valence-corrected chi connectivity index (χ4v) is 2.65. The average molecular weight is 275 g/mol. The molecule has 0 spiro atoms. The first-order chi connectivity index (χ1) is 9.79. The first-order valence-electron chi connectivity index (χ1n) is 7.77. The standard InChI is InChI=1S/C16H25N3O/c1-2-9-17-14-8-10-18-15(11-14)16(20)19-12-13-6-4-3-5-7-13/h8,10-11,13H,2-7,9,12H2,1H3,(H,17,18)(H,19,20). The van der Waals surface area contributed by atoms with Crippen molar-refractivity contribution in [2.45, 2.75) is 45.4 Å². The van der Waals surface area contributed by atoms with Crippen LogP contribution < -0.4 is 10.6 Å². The molecule has 110 valence electrons. The second kappa shape index (κ2) is 7.88. The maximum atomic E-state index is 12.1. The Morgan fingerprint density at radius 2 is 2.15 bits per heavy atom. The van der Waals surface area contributed by atoms with Gasteiger partial charge in [0.25, 0.3) is 5.91 Å². The fourth-order valence-electron chi connectivity index (χ4n) is 2.65. The van der Waals surface area contributed by atoms with E-state index in [4.69, 9.17) is 0 Å². The highest BCUT2D eigenvalue weighted by Gasteiger charge is 2.15. The predicted molar refractivity (Wildman–Crippen MR) is 81.9 cm³/mol. The molecule has 2 N–H and O–H groups in total. The van der Waals surface area contributed by atoms with Gasteiger partial charge in [0.15, 0.2) is 0 Å². The van der Waals surface area contributed by atoms with Gasteiger partial charge < -0.3 is 10.6 Å². The summed E-state index contributed by atoms with van der Waals surface area (Å²) in [6.07, 6.45) is 9.18.